The van der Waals surface area contributed by atoms with Gasteiger partial charge in [0.2, 0.25) is 11.8 Å². The number of hydrogen-bond donors (Lipinski definition) is 2. The van der Waals surface area contributed by atoms with Gasteiger partial charge in [0, 0.05) is 56.7 Å². The van der Waals surface area contributed by atoms with Gasteiger partial charge in [-0.15, -0.1) is 0 Å². The molecule has 3 aromatic heterocycles. The van der Waals surface area contributed by atoms with Crippen LogP contribution in [0.4, 0.5) is 10.1 Å². The highest BCUT2D eigenvalue weighted by Gasteiger charge is 2.36. The molecule has 3 fully saturated rings. The molecule has 3 amide bonds. The average molecular weight is 737 g/mol. The maximum absolute atomic E-state index is 14.5. The molecule has 282 valence electrons. The number of benzene rings is 2. The average Bonchev–Trinajstić information content (AvgIpc) is 3.66. The molecule has 14 heteroatoms. The van der Waals surface area contributed by atoms with E-state index >= 15 is 0 Å². The quantitative estimate of drug-likeness (QED) is 0.193. The Morgan fingerprint density at radius 1 is 1.04 bits per heavy atom. The number of ether oxygens (including phenoxy) is 1. The van der Waals surface area contributed by atoms with Crippen LogP contribution in [-0.4, -0.2) is 73.3 Å². The number of carbonyl (C=O) groups excluding carboxylic acids is 3. The fourth-order valence-electron chi connectivity index (χ4n) is 8.50. The van der Waals surface area contributed by atoms with Gasteiger partial charge in [0.05, 0.1) is 41.1 Å². The van der Waals surface area contributed by atoms with E-state index in [-0.39, 0.29) is 35.4 Å². The molecule has 8 rings (SSSR count). The number of halogens is 1. The van der Waals surface area contributed by atoms with Gasteiger partial charge in [0.15, 0.2) is 0 Å². The predicted molar refractivity (Wildman–Crippen MR) is 201 cm³/mol. The van der Waals surface area contributed by atoms with Gasteiger partial charge in [0.1, 0.15) is 23.2 Å². The molecule has 1 saturated carbocycles. The summed E-state index contributed by atoms with van der Waals surface area (Å²) in [4.78, 5) is 57.6. The van der Waals surface area contributed by atoms with Crippen LogP contribution in [0.15, 0.2) is 59.5 Å². The van der Waals surface area contributed by atoms with Crippen LogP contribution in [0.1, 0.15) is 92.1 Å². The first kappa shape index (κ1) is 35.6. The number of imidazole rings is 1. The minimum atomic E-state index is -1.67. The van der Waals surface area contributed by atoms with E-state index in [4.69, 9.17) is 9.84 Å². The van der Waals surface area contributed by atoms with E-state index in [9.17, 15) is 23.6 Å². The number of hydrogen-bond acceptors (Lipinski definition) is 8. The second-order valence-corrected chi connectivity index (χ2v) is 15.5. The van der Waals surface area contributed by atoms with Crippen LogP contribution in [0.5, 0.6) is 5.75 Å². The summed E-state index contributed by atoms with van der Waals surface area (Å²) in [6, 6.07) is 13.9. The molecule has 1 unspecified atom stereocenters. The molecule has 13 nitrogen and oxygen atoms in total. The summed E-state index contributed by atoms with van der Waals surface area (Å²) in [5.41, 5.74) is 2.37. The Labute approximate surface area is 311 Å². The number of aryl methyl sites for hydroxylation is 1. The largest absolute Gasteiger partial charge is 0.494 e. The Morgan fingerprint density at radius 3 is 2.52 bits per heavy atom. The van der Waals surface area contributed by atoms with Crippen LogP contribution in [-0.2, 0) is 22.3 Å². The van der Waals surface area contributed by atoms with Gasteiger partial charge < -0.3 is 15.0 Å². The predicted octanol–water partition coefficient (Wildman–Crippen LogP) is 5.36. The van der Waals surface area contributed by atoms with Crippen molar-refractivity contribution >= 4 is 45.3 Å². The van der Waals surface area contributed by atoms with E-state index in [0.29, 0.717) is 29.7 Å². The first-order chi connectivity index (χ1) is 25.9. The van der Waals surface area contributed by atoms with Crippen LogP contribution >= 0.6 is 0 Å². The van der Waals surface area contributed by atoms with Gasteiger partial charge in [-0.2, -0.15) is 5.10 Å². The lowest BCUT2D eigenvalue weighted by atomic mass is 9.83. The molecule has 3 aliphatic rings. The normalized spacial score (nSPS) is 21.3. The highest BCUT2D eigenvalue weighted by Crippen LogP contribution is 2.38. The standard InChI is InChI=1S/C40H45FN8O5/c1-40(2,41)34-10-6-8-28(42-34)37(51)43-30-17-24-22-48(45-29(24)18-33(30)54-4)26-13-11-23(12-14-26)19-47-20-25(21-47)27-7-5-9-31-36(27)46(3)39(53)49(31)32-15-16-35(50)44-38(32)52/h5-10,17-18,22-23,25-26,32H,11-16,19-21H2,1-4H3,(H,43,51)(H,44,50,52)/t23-,26-,32?. The van der Waals surface area contributed by atoms with Crippen molar-refractivity contribution in [3.63, 3.8) is 0 Å². The number of pyridine rings is 1. The molecule has 0 spiro atoms. The highest BCUT2D eigenvalue weighted by atomic mass is 19.1. The second-order valence-electron chi connectivity index (χ2n) is 15.5. The summed E-state index contributed by atoms with van der Waals surface area (Å²) in [5, 5.41) is 11.0. The van der Waals surface area contributed by atoms with E-state index in [1.54, 1.807) is 41.5 Å². The minimum absolute atomic E-state index is 0.118. The van der Waals surface area contributed by atoms with Gasteiger partial charge in [-0.1, -0.05) is 18.2 Å². The molecule has 5 aromatic rings. The summed E-state index contributed by atoms with van der Waals surface area (Å²) < 4.78 is 25.3. The maximum atomic E-state index is 14.5. The van der Waals surface area contributed by atoms with Gasteiger partial charge in [-0.25, -0.2) is 14.2 Å². The Balaban J connectivity index is 0.888. The fourth-order valence-corrected chi connectivity index (χ4v) is 8.50. The topological polar surface area (TPSA) is 145 Å². The molecule has 2 aromatic carbocycles. The van der Waals surface area contributed by atoms with Crippen LogP contribution in [0.3, 0.4) is 0 Å². The van der Waals surface area contributed by atoms with E-state index < -0.39 is 23.5 Å². The summed E-state index contributed by atoms with van der Waals surface area (Å²) in [6.07, 6.45) is 6.77. The lowest BCUT2D eigenvalue weighted by Gasteiger charge is -2.43. The summed E-state index contributed by atoms with van der Waals surface area (Å²) in [6.45, 7) is 5.67. The first-order valence-corrected chi connectivity index (χ1v) is 18.7. The number of rotatable bonds is 9. The number of aromatic nitrogens is 5. The molecular formula is C40H45FN8O5. The maximum Gasteiger partial charge on any atom is 0.329 e. The van der Waals surface area contributed by atoms with Gasteiger partial charge in [-0.3, -0.25) is 33.5 Å². The summed E-state index contributed by atoms with van der Waals surface area (Å²) in [5.74, 6) is 0.173. The number of piperidine rings is 1. The molecule has 1 aliphatic carbocycles. The summed E-state index contributed by atoms with van der Waals surface area (Å²) >= 11 is 0. The van der Waals surface area contributed by atoms with Crippen molar-refractivity contribution in [1.82, 2.24) is 34.1 Å². The SMILES string of the molecule is COc1cc2nn([C@H]3CC[C@H](CN4CC(c5cccc6c5n(C)c(=O)n6C5CCC(=O)NC5=O)C4)CC3)cc2cc1NC(=O)c1cccc(C(C)(C)F)n1. The Hall–Kier alpha value is -5.37. The highest BCUT2D eigenvalue weighted by molar-refractivity contribution is 6.05. The third-order valence-corrected chi connectivity index (χ3v) is 11.4. The Morgan fingerprint density at radius 2 is 1.80 bits per heavy atom. The number of para-hydroxylation sites is 1. The van der Waals surface area contributed by atoms with Crippen molar-refractivity contribution in [2.45, 2.75) is 76.0 Å². The first-order valence-electron chi connectivity index (χ1n) is 18.7. The lowest BCUT2D eigenvalue weighted by molar-refractivity contribution is -0.135. The molecule has 0 bridgehead atoms. The number of nitrogens with zero attached hydrogens (tertiary/aromatic N) is 6. The Kier molecular flexibility index (Phi) is 9.11. The second kappa shape index (κ2) is 13.8. The zero-order valence-corrected chi connectivity index (χ0v) is 31.0. The van der Waals surface area contributed by atoms with Crippen LogP contribution in [0.25, 0.3) is 21.9 Å². The van der Waals surface area contributed by atoms with Crippen LogP contribution in [0, 0.1) is 5.92 Å². The van der Waals surface area contributed by atoms with Crippen LogP contribution < -0.4 is 21.1 Å². The number of carbonyl (C=O) groups is 3. The number of imide groups is 1. The third-order valence-electron chi connectivity index (χ3n) is 11.4. The van der Waals surface area contributed by atoms with E-state index in [0.717, 1.165) is 72.8 Å². The Bertz CT molecular complexity index is 2340. The molecule has 0 radical (unpaired) electrons. The van der Waals surface area contributed by atoms with E-state index in [1.807, 2.05) is 35.1 Å². The number of likely N-dealkylation sites (tertiary alicyclic amines) is 1. The molecule has 1 atom stereocenters. The lowest BCUT2D eigenvalue weighted by Crippen LogP contribution is -2.47. The van der Waals surface area contributed by atoms with Crippen molar-refractivity contribution < 1.29 is 23.5 Å². The molecular weight excluding hydrogens is 691 g/mol. The van der Waals surface area contributed by atoms with Gasteiger partial charge in [-0.05, 0) is 81.7 Å². The van der Waals surface area contributed by atoms with E-state index in [2.05, 4.69) is 26.6 Å². The summed E-state index contributed by atoms with van der Waals surface area (Å²) in [7, 11) is 3.31. The van der Waals surface area contributed by atoms with Crippen molar-refractivity contribution in [2.24, 2.45) is 13.0 Å². The van der Waals surface area contributed by atoms with Crippen molar-refractivity contribution in [3.8, 4) is 5.75 Å². The fraction of sp³-hybridized carbons (Fsp3) is 0.450. The van der Waals surface area contributed by atoms with Crippen molar-refractivity contribution in [2.75, 3.05) is 32.1 Å². The molecule has 5 heterocycles. The van der Waals surface area contributed by atoms with Crippen molar-refractivity contribution in [1.29, 1.82) is 0 Å². The zero-order valence-electron chi connectivity index (χ0n) is 31.0. The van der Waals surface area contributed by atoms with Crippen LogP contribution in [0.2, 0.25) is 0 Å². The molecule has 2 N–H and O–H groups in total. The number of methoxy groups -OCH3 is 1. The number of amides is 3. The molecule has 2 aliphatic heterocycles. The third kappa shape index (κ3) is 6.56. The molecule has 54 heavy (non-hydrogen) atoms. The van der Waals surface area contributed by atoms with E-state index in [1.165, 1.54) is 13.8 Å². The van der Waals surface area contributed by atoms with Gasteiger partial charge in [0.25, 0.3) is 5.91 Å². The minimum Gasteiger partial charge on any atom is -0.494 e. The number of anilines is 1. The van der Waals surface area contributed by atoms with Crippen molar-refractivity contribution in [3.05, 3.63) is 82.2 Å². The molecule has 2 saturated heterocycles. The number of nitrogens with one attached hydrogen (secondary N) is 2. The monoisotopic (exact) mass is 736 g/mol. The van der Waals surface area contributed by atoms with Gasteiger partial charge >= 0.3 is 5.69 Å². The number of fused-ring (bicyclic) bond motifs is 2. The smallest absolute Gasteiger partial charge is 0.329 e. The number of alkyl halides is 1. The zero-order chi connectivity index (χ0) is 37.9.